The Hall–Kier alpha value is -1.44. The summed E-state index contributed by atoms with van der Waals surface area (Å²) in [5, 5.41) is 3.01. The maximum absolute atomic E-state index is 11.7. The lowest BCUT2D eigenvalue weighted by molar-refractivity contribution is -0.121. The molecule has 3 heterocycles. The standard InChI is InChI=1S/C16H27N5O2/c1-19-9-10-20(11-14-17-7-8-21(14)13-23-2)12-16(19)4-3-15(22)18-6-5-16/h7-8H,3-6,9-13H2,1-2H3,(H,18,22)/t16-/m0/s1. The maximum Gasteiger partial charge on any atom is 0.220 e. The molecule has 23 heavy (non-hydrogen) atoms. The summed E-state index contributed by atoms with van der Waals surface area (Å²) in [7, 11) is 3.89. The van der Waals surface area contributed by atoms with Crippen LogP contribution in [0, 0.1) is 0 Å². The normalized spacial score (nSPS) is 27.1. The minimum Gasteiger partial charge on any atom is -0.364 e. The molecule has 0 saturated carbocycles. The molecule has 1 N–H and O–H groups in total. The highest BCUT2D eigenvalue weighted by Gasteiger charge is 2.40. The van der Waals surface area contributed by atoms with Crippen LogP contribution < -0.4 is 5.32 Å². The molecule has 1 aromatic rings. The number of hydrogen-bond donors (Lipinski definition) is 1. The van der Waals surface area contributed by atoms with Gasteiger partial charge in [0.1, 0.15) is 12.6 Å². The Bertz CT molecular complexity index is 546. The third-order valence-electron chi connectivity index (χ3n) is 5.24. The minimum absolute atomic E-state index is 0.0933. The number of carbonyl (C=O) groups is 1. The van der Waals surface area contributed by atoms with Crippen molar-refractivity contribution in [3.05, 3.63) is 18.2 Å². The number of hydrogen-bond acceptors (Lipinski definition) is 5. The molecule has 0 bridgehead atoms. The lowest BCUT2D eigenvalue weighted by atomic mass is 9.86. The van der Waals surface area contributed by atoms with Gasteiger partial charge in [-0.2, -0.15) is 0 Å². The molecular weight excluding hydrogens is 294 g/mol. The van der Waals surface area contributed by atoms with Crippen LogP contribution in [0.2, 0.25) is 0 Å². The first kappa shape index (κ1) is 16.4. The second-order valence-corrected chi connectivity index (χ2v) is 6.69. The second kappa shape index (κ2) is 6.98. The molecule has 7 nitrogen and oxygen atoms in total. The summed E-state index contributed by atoms with van der Waals surface area (Å²) >= 11 is 0. The fraction of sp³-hybridized carbons (Fsp3) is 0.750. The zero-order valence-electron chi connectivity index (χ0n) is 14.1. The summed E-state index contributed by atoms with van der Waals surface area (Å²) in [6.45, 7) is 5.17. The molecule has 2 fully saturated rings. The van der Waals surface area contributed by atoms with Gasteiger partial charge in [0.2, 0.25) is 5.91 Å². The van der Waals surface area contributed by atoms with Gasteiger partial charge in [-0.1, -0.05) is 0 Å². The molecule has 1 amide bonds. The number of piperazine rings is 1. The number of rotatable bonds is 4. The summed E-state index contributed by atoms with van der Waals surface area (Å²) in [5.74, 6) is 1.22. The van der Waals surface area contributed by atoms with Crippen LogP contribution in [-0.4, -0.2) is 71.1 Å². The van der Waals surface area contributed by atoms with E-state index in [1.165, 1.54) is 0 Å². The molecule has 2 saturated heterocycles. The minimum atomic E-state index is 0.0933. The highest BCUT2D eigenvalue weighted by molar-refractivity contribution is 5.76. The molecule has 1 aromatic heterocycles. The molecular formula is C16H27N5O2. The lowest BCUT2D eigenvalue weighted by Gasteiger charge is -2.49. The van der Waals surface area contributed by atoms with E-state index >= 15 is 0 Å². The van der Waals surface area contributed by atoms with Crippen molar-refractivity contribution in [3.8, 4) is 0 Å². The second-order valence-electron chi connectivity index (χ2n) is 6.69. The number of imidazole rings is 1. The van der Waals surface area contributed by atoms with Gasteiger partial charge >= 0.3 is 0 Å². The Morgan fingerprint density at radius 1 is 1.39 bits per heavy atom. The number of amides is 1. The van der Waals surface area contributed by atoms with E-state index in [2.05, 4.69) is 27.1 Å². The van der Waals surface area contributed by atoms with Gasteiger partial charge in [-0.05, 0) is 19.9 Å². The van der Waals surface area contributed by atoms with Gasteiger partial charge in [-0.3, -0.25) is 14.6 Å². The van der Waals surface area contributed by atoms with Crippen molar-refractivity contribution in [2.45, 2.75) is 38.1 Å². The molecule has 2 aliphatic rings. The Balaban J connectivity index is 1.70. The number of methoxy groups -OCH3 is 1. The fourth-order valence-electron chi connectivity index (χ4n) is 3.76. The number of nitrogens with zero attached hydrogens (tertiary/aromatic N) is 4. The topological polar surface area (TPSA) is 62.6 Å². The molecule has 3 rings (SSSR count). The zero-order chi connectivity index (χ0) is 16.3. The Labute approximate surface area is 137 Å². The average Bonchev–Trinajstić information content (AvgIpc) is 2.87. The van der Waals surface area contributed by atoms with Gasteiger partial charge in [0.25, 0.3) is 0 Å². The van der Waals surface area contributed by atoms with Crippen molar-refractivity contribution < 1.29 is 9.53 Å². The molecule has 0 aliphatic carbocycles. The van der Waals surface area contributed by atoms with Crippen LogP contribution in [0.3, 0.4) is 0 Å². The van der Waals surface area contributed by atoms with Gasteiger partial charge in [0.05, 0.1) is 6.54 Å². The molecule has 0 aromatic carbocycles. The molecule has 0 radical (unpaired) electrons. The largest absolute Gasteiger partial charge is 0.364 e. The average molecular weight is 321 g/mol. The van der Waals surface area contributed by atoms with Crippen LogP contribution in [0.5, 0.6) is 0 Å². The Kier molecular flexibility index (Phi) is 4.99. The summed E-state index contributed by atoms with van der Waals surface area (Å²) in [5.41, 5.74) is 0.0933. The van der Waals surface area contributed by atoms with E-state index in [1.807, 2.05) is 17.0 Å². The van der Waals surface area contributed by atoms with E-state index in [0.29, 0.717) is 13.2 Å². The van der Waals surface area contributed by atoms with Crippen LogP contribution in [0.15, 0.2) is 12.4 Å². The number of ether oxygens (including phenoxy) is 1. The fourth-order valence-corrected chi connectivity index (χ4v) is 3.76. The van der Waals surface area contributed by atoms with E-state index < -0.39 is 0 Å². The Morgan fingerprint density at radius 3 is 3.09 bits per heavy atom. The number of carbonyl (C=O) groups excluding carboxylic acids is 1. The maximum atomic E-state index is 11.7. The van der Waals surface area contributed by atoms with Gasteiger partial charge in [0, 0.05) is 57.6 Å². The van der Waals surface area contributed by atoms with Gasteiger partial charge in [-0.25, -0.2) is 4.98 Å². The number of likely N-dealkylation sites (N-methyl/N-ethyl adjacent to an activating group) is 1. The predicted molar refractivity (Wildman–Crippen MR) is 86.7 cm³/mol. The molecule has 0 unspecified atom stereocenters. The SMILES string of the molecule is COCn1ccnc1CN1CCN(C)[C@@]2(CCNC(=O)CC2)C1. The van der Waals surface area contributed by atoms with E-state index in [-0.39, 0.29) is 11.4 Å². The van der Waals surface area contributed by atoms with Crippen LogP contribution in [0.1, 0.15) is 25.1 Å². The summed E-state index contributed by atoms with van der Waals surface area (Å²) in [4.78, 5) is 21.1. The van der Waals surface area contributed by atoms with Gasteiger partial charge in [-0.15, -0.1) is 0 Å². The monoisotopic (exact) mass is 321 g/mol. The Morgan fingerprint density at radius 2 is 2.26 bits per heavy atom. The predicted octanol–water partition coefficient (Wildman–Crippen LogP) is 0.273. The van der Waals surface area contributed by atoms with E-state index in [0.717, 1.165) is 51.4 Å². The van der Waals surface area contributed by atoms with Crippen LogP contribution in [-0.2, 0) is 22.8 Å². The summed E-state index contributed by atoms with van der Waals surface area (Å²) in [6.07, 6.45) is 6.35. The summed E-state index contributed by atoms with van der Waals surface area (Å²) in [6, 6.07) is 0. The highest BCUT2D eigenvalue weighted by Crippen LogP contribution is 2.30. The molecule has 2 aliphatic heterocycles. The van der Waals surface area contributed by atoms with Crippen LogP contribution in [0.25, 0.3) is 0 Å². The molecule has 7 heteroatoms. The van der Waals surface area contributed by atoms with Crippen molar-refractivity contribution in [1.82, 2.24) is 24.7 Å². The highest BCUT2D eigenvalue weighted by atomic mass is 16.5. The number of aromatic nitrogens is 2. The quantitative estimate of drug-likeness (QED) is 0.863. The first-order valence-corrected chi connectivity index (χ1v) is 8.32. The van der Waals surface area contributed by atoms with Crippen molar-refractivity contribution in [1.29, 1.82) is 0 Å². The van der Waals surface area contributed by atoms with E-state index in [9.17, 15) is 4.79 Å². The third-order valence-corrected chi connectivity index (χ3v) is 5.24. The van der Waals surface area contributed by atoms with Crippen LogP contribution in [0.4, 0.5) is 0 Å². The number of nitrogens with one attached hydrogen (secondary N) is 1. The molecule has 1 atom stereocenters. The lowest BCUT2D eigenvalue weighted by Crippen LogP contribution is -2.60. The van der Waals surface area contributed by atoms with E-state index in [4.69, 9.17) is 4.74 Å². The molecule has 1 spiro atoms. The first-order valence-electron chi connectivity index (χ1n) is 8.32. The van der Waals surface area contributed by atoms with Crippen molar-refractivity contribution >= 4 is 5.91 Å². The smallest absolute Gasteiger partial charge is 0.220 e. The van der Waals surface area contributed by atoms with E-state index in [1.54, 1.807) is 7.11 Å². The van der Waals surface area contributed by atoms with Crippen LogP contribution >= 0.6 is 0 Å². The summed E-state index contributed by atoms with van der Waals surface area (Å²) < 4.78 is 7.27. The van der Waals surface area contributed by atoms with Gasteiger partial charge < -0.3 is 14.6 Å². The third kappa shape index (κ3) is 3.57. The van der Waals surface area contributed by atoms with Gasteiger partial charge in [0.15, 0.2) is 0 Å². The van der Waals surface area contributed by atoms with Crippen molar-refractivity contribution in [2.24, 2.45) is 0 Å². The van der Waals surface area contributed by atoms with Crippen molar-refractivity contribution in [3.63, 3.8) is 0 Å². The first-order chi connectivity index (χ1) is 11.1. The van der Waals surface area contributed by atoms with Crippen molar-refractivity contribution in [2.75, 3.05) is 40.3 Å². The molecule has 128 valence electrons. The zero-order valence-corrected chi connectivity index (χ0v) is 14.1.